The van der Waals surface area contributed by atoms with Crippen LogP contribution in [0.2, 0.25) is 0 Å². The Bertz CT molecular complexity index is 6770. The predicted molar refractivity (Wildman–Crippen MR) is 509 cm³/mol. The summed E-state index contributed by atoms with van der Waals surface area (Å²) in [6, 6.07) is 157. The van der Waals surface area contributed by atoms with Gasteiger partial charge < -0.3 is 28.6 Å². The number of anilines is 9. The lowest BCUT2D eigenvalue weighted by Gasteiger charge is -2.46. The zero-order valence-electron chi connectivity index (χ0n) is 67.5. The van der Waals surface area contributed by atoms with Crippen LogP contribution in [0.15, 0.2) is 413 Å². The van der Waals surface area contributed by atoms with Gasteiger partial charge in [0.1, 0.15) is 0 Å². The molecule has 119 heavy (non-hydrogen) atoms. The summed E-state index contributed by atoms with van der Waals surface area (Å²) >= 11 is 0. The maximum absolute atomic E-state index is 6.98. The van der Waals surface area contributed by atoms with E-state index in [2.05, 4.69) is 478 Å². The van der Waals surface area contributed by atoms with E-state index in [-0.39, 0.29) is 17.5 Å². The molecule has 568 valence electrons. The van der Waals surface area contributed by atoms with Crippen LogP contribution in [0, 0.1) is 0 Å². The number of benzene rings is 17. The molecule has 19 aromatic rings. The summed E-state index contributed by atoms with van der Waals surface area (Å²) in [4.78, 5) is 7.75. The maximum atomic E-state index is 6.98. The van der Waals surface area contributed by atoms with Crippen LogP contribution in [0.25, 0.3) is 55.0 Å². The van der Waals surface area contributed by atoms with Crippen molar-refractivity contribution in [2.75, 3.05) is 14.7 Å². The number of rotatable bonds is 13. The molecule has 3 aliphatic heterocycles. The fourth-order valence-corrected chi connectivity index (χ4v) is 29.7. The highest BCUT2D eigenvalue weighted by atomic mass is 28.3. The molecule has 0 bridgehead atoms. The lowest BCUT2D eigenvalue weighted by molar-refractivity contribution is 0.477. The van der Waals surface area contributed by atoms with Crippen molar-refractivity contribution < 1.29 is 4.74 Å². The molecular weight excluding hydrogens is 1470 g/mol. The molecule has 9 heteroatoms. The van der Waals surface area contributed by atoms with Gasteiger partial charge >= 0.3 is 0 Å². The van der Waals surface area contributed by atoms with E-state index in [1.54, 1.807) is 0 Å². The Morgan fingerprint density at radius 2 is 0.529 bits per heavy atom. The minimum absolute atomic E-state index is 0.0480. The first kappa shape index (κ1) is 71.6. The van der Waals surface area contributed by atoms with E-state index >= 15 is 0 Å². The van der Waals surface area contributed by atoms with Crippen molar-refractivity contribution >= 4 is 176 Å². The Morgan fingerprint density at radius 3 is 0.882 bits per heavy atom. The van der Waals surface area contributed by atoms with Crippen molar-refractivity contribution in [3.8, 4) is 22.9 Å². The first-order chi connectivity index (χ1) is 58.3. The van der Waals surface area contributed by atoms with Crippen LogP contribution >= 0.6 is 0 Å². The van der Waals surface area contributed by atoms with Gasteiger partial charge in [-0.3, -0.25) is 0 Å². The van der Waals surface area contributed by atoms with Crippen molar-refractivity contribution in [1.82, 2.24) is 9.13 Å². The standard InChI is InChI=1S/C110H86BN5OSi2/c1-109(2,3)75-53-67-98-92(69-75)93-70-76(110(4,5)6)54-68-99(93)113(98)78-57-61-80(62-58-78)115-103-74-89(119(85-39-19-10-20-40-85,86-41-21-11-22-42-86)87-43-23-12-24-44-87)64-66-95(103)111-94-65-63-88(118(82-33-13-7-14-34-82,83-35-15-8-16-36-83)84-37-17-9-18-38-84)73-102(94)114(79-59-55-77(56-60-79)112-96-47-27-25-45-90(96)91-46-26-28-48-97(91)112)104-71-81(72-105(115)108(104)111)116-100-49-29-31-51-106(100)117-107-52-32-30-50-101(107)116/h7-74H,1-6H3. The van der Waals surface area contributed by atoms with Crippen molar-refractivity contribution in [2.45, 2.75) is 52.4 Å². The number of hydrogen-bond donors (Lipinski definition) is 0. The van der Waals surface area contributed by atoms with E-state index in [4.69, 9.17) is 4.74 Å². The van der Waals surface area contributed by atoms with Crippen LogP contribution in [0.3, 0.4) is 0 Å². The lowest BCUT2D eigenvalue weighted by atomic mass is 9.33. The predicted octanol–water partition coefficient (Wildman–Crippen LogP) is 20.9. The van der Waals surface area contributed by atoms with Gasteiger partial charge in [-0.15, -0.1) is 0 Å². The minimum atomic E-state index is -3.22. The summed E-state index contributed by atoms with van der Waals surface area (Å²) < 4.78 is 11.9. The van der Waals surface area contributed by atoms with Gasteiger partial charge in [0, 0.05) is 67.0 Å². The second-order valence-electron chi connectivity index (χ2n) is 34.3. The third kappa shape index (κ3) is 11.3. The van der Waals surface area contributed by atoms with Crippen molar-refractivity contribution in [2.24, 2.45) is 0 Å². The average molecular weight is 1560 g/mol. The molecule has 0 saturated carbocycles. The molecule has 0 amide bonds. The topological polar surface area (TPSA) is 28.8 Å². The van der Waals surface area contributed by atoms with Gasteiger partial charge in [0.2, 0.25) is 0 Å². The van der Waals surface area contributed by atoms with E-state index in [1.165, 1.54) is 113 Å². The molecule has 0 fully saturated rings. The third-order valence-corrected chi connectivity index (χ3v) is 35.2. The zero-order valence-corrected chi connectivity index (χ0v) is 69.5. The second-order valence-corrected chi connectivity index (χ2v) is 41.9. The first-order valence-electron chi connectivity index (χ1n) is 41.7. The Hall–Kier alpha value is -14.0. The molecule has 22 rings (SSSR count). The number of nitrogens with zero attached hydrogens (tertiary/aromatic N) is 5. The van der Waals surface area contributed by atoms with Crippen LogP contribution in [-0.2, 0) is 10.8 Å². The third-order valence-electron chi connectivity index (χ3n) is 25.7. The summed E-state index contributed by atoms with van der Waals surface area (Å²) in [5, 5.41) is 15.4. The summed E-state index contributed by atoms with van der Waals surface area (Å²) in [6.45, 7) is 13.7. The summed E-state index contributed by atoms with van der Waals surface area (Å²) in [5.74, 6) is 1.57. The van der Waals surface area contributed by atoms with Crippen LogP contribution in [0.1, 0.15) is 52.7 Å². The summed E-state index contributed by atoms with van der Waals surface area (Å²) in [5.41, 5.74) is 22.4. The molecule has 0 unspecified atom stereocenters. The lowest BCUT2D eigenvalue weighted by Crippen LogP contribution is -2.75. The largest absolute Gasteiger partial charge is 0.453 e. The normalized spacial score (nSPS) is 13.1. The molecule has 5 heterocycles. The van der Waals surface area contributed by atoms with Crippen molar-refractivity contribution in [3.63, 3.8) is 0 Å². The molecule has 0 radical (unpaired) electrons. The maximum Gasteiger partial charge on any atom is 0.252 e. The highest BCUT2D eigenvalue weighted by molar-refractivity contribution is 7.20. The highest BCUT2D eigenvalue weighted by Crippen LogP contribution is 2.54. The number of fused-ring (bicyclic) bond motifs is 12. The van der Waals surface area contributed by atoms with Gasteiger partial charge in [0.05, 0.1) is 39.1 Å². The van der Waals surface area contributed by atoms with Gasteiger partial charge in [-0.1, -0.05) is 321 Å². The molecule has 0 spiro atoms. The molecular formula is C110H86BN5OSi2. The monoisotopic (exact) mass is 1560 g/mol. The molecule has 0 N–H and O–H groups in total. The molecule has 3 aliphatic rings. The van der Waals surface area contributed by atoms with Crippen LogP contribution in [0.5, 0.6) is 11.5 Å². The molecule has 6 nitrogen and oxygen atoms in total. The first-order valence-corrected chi connectivity index (χ1v) is 45.7. The van der Waals surface area contributed by atoms with Crippen LogP contribution in [-0.4, -0.2) is 32.0 Å². The van der Waals surface area contributed by atoms with Crippen molar-refractivity contribution in [3.05, 3.63) is 424 Å². The summed E-state index contributed by atoms with van der Waals surface area (Å²) in [6.07, 6.45) is 0. The SMILES string of the molecule is CC(C)(C)c1ccc2c(c1)c1cc(C(C)(C)C)ccc1n2-c1ccc(N2c3cc([Si](c4ccccc4)(c4ccccc4)c4ccccc4)ccc3B3c4ccc([Si](c5ccccc5)(c5ccccc5)c5ccccc5)cc4N(c4ccc(-n5c6ccccc6c6ccccc65)cc4)c4cc(N5c6ccccc6Oc6ccccc65)cc2c43)cc1. The van der Waals surface area contributed by atoms with E-state index in [1.807, 2.05) is 0 Å². The Morgan fingerprint density at radius 1 is 0.227 bits per heavy atom. The molecule has 17 aromatic carbocycles. The quantitative estimate of drug-likeness (QED) is 0.0850. The molecule has 0 aliphatic carbocycles. The molecule has 0 atom stereocenters. The Kier molecular flexibility index (Phi) is 16.8. The highest BCUT2D eigenvalue weighted by Gasteiger charge is 2.49. The number of para-hydroxylation sites is 6. The number of ether oxygens (including phenoxy) is 1. The van der Waals surface area contributed by atoms with Gasteiger partial charge in [-0.25, -0.2) is 0 Å². The molecule has 0 saturated heterocycles. The zero-order chi connectivity index (χ0) is 79.9. The van der Waals surface area contributed by atoms with Crippen LogP contribution < -0.4 is 77.3 Å². The van der Waals surface area contributed by atoms with Gasteiger partial charge in [-0.05, 0) is 213 Å². The summed E-state index contributed by atoms with van der Waals surface area (Å²) in [7, 11) is -6.43. The molecule has 2 aromatic heterocycles. The smallest absolute Gasteiger partial charge is 0.252 e. The Balaban J connectivity index is 0.865. The average Bonchev–Trinajstić information content (AvgIpc) is 1.40. The fraction of sp³-hybridized carbons (Fsp3) is 0.0727. The number of aromatic nitrogens is 2. The van der Waals surface area contributed by atoms with E-state index in [0.717, 1.165) is 74.1 Å². The van der Waals surface area contributed by atoms with E-state index in [9.17, 15) is 0 Å². The van der Waals surface area contributed by atoms with Gasteiger partial charge in [0.25, 0.3) is 6.71 Å². The van der Waals surface area contributed by atoms with Gasteiger partial charge in [-0.2, -0.15) is 0 Å². The van der Waals surface area contributed by atoms with Gasteiger partial charge in [0.15, 0.2) is 27.6 Å². The van der Waals surface area contributed by atoms with E-state index < -0.39 is 16.1 Å². The van der Waals surface area contributed by atoms with Crippen LogP contribution in [0.4, 0.5) is 51.2 Å². The van der Waals surface area contributed by atoms with Crippen molar-refractivity contribution in [1.29, 1.82) is 0 Å². The fourth-order valence-electron chi connectivity index (χ4n) is 20.2. The minimum Gasteiger partial charge on any atom is -0.453 e. The number of hydrogen-bond acceptors (Lipinski definition) is 4. The Labute approximate surface area is 698 Å². The van der Waals surface area contributed by atoms with E-state index in [0.29, 0.717) is 0 Å². The second kappa shape index (κ2) is 27.9.